The number of aliphatic hydroxyl groups excluding tert-OH is 2. The number of ether oxygens (including phenoxy) is 2. The van der Waals surface area contributed by atoms with Crippen molar-refractivity contribution in [2.24, 2.45) is 0 Å². The molecule has 0 bridgehead atoms. The van der Waals surface area contributed by atoms with Crippen LogP contribution in [0.5, 0.6) is 11.5 Å². The van der Waals surface area contributed by atoms with E-state index in [-0.39, 0.29) is 0 Å². The van der Waals surface area contributed by atoms with Crippen LogP contribution in [-0.4, -0.2) is 35.6 Å². The molecule has 0 spiro atoms. The molecule has 0 saturated heterocycles. The second kappa shape index (κ2) is 14.3. The predicted molar refractivity (Wildman–Crippen MR) is 124 cm³/mol. The third-order valence-corrected chi connectivity index (χ3v) is 5.49. The Hall–Kier alpha value is -1.78. The van der Waals surface area contributed by atoms with E-state index < -0.39 is 12.2 Å². The number of fused-ring (bicyclic) bond motifs is 1. The maximum atomic E-state index is 10.2. The fourth-order valence-electron chi connectivity index (χ4n) is 3.66. The van der Waals surface area contributed by atoms with Gasteiger partial charge in [-0.1, -0.05) is 89.5 Å². The summed E-state index contributed by atoms with van der Waals surface area (Å²) in [6.45, 7) is 4.97. The Bertz CT molecular complexity index is 654. The van der Waals surface area contributed by atoms with Gasteiger partial charge in [-0.25, -0.2) is 0 Å². The normalized spacial score (nSPS) is 13.3. The molecule has 0 aliphatic heterocycles. The minimum absolute atomic E-state index is 0.298. The lowest BCUT2D eigenvalue weighted by Crippen LogP contribution is -2.18. The van der Waals surface area contributed by atoms with Crippen molar-refractivity contribution in [2.75, 3.05) is 13.2 Å². The lowest BCUT2D eigenvalue weighted by molar-refractivity contribution is 0.0975. The quantitative estimate of drug-likeness (QED) is 0.317. The molecule has 4 heteroatoms. The monoisotopic (exact) mass is 416 g/mol. The second-order valence-electron chi connectivity index (χ2n) is 8.24. The van der Waals surface area contributed by atoms with E-state index in [0.29, 0.717) is 13.2 Å². The molecule has 0 aromatic heterocycles. The van der Waals surface area contributed by atoms with Crippen LogP contribution < -0.4 is 9.47 Å². The van der Waals surface area contributed by atoms with Gasteiger partial charge in [-0.2, -0.15) is 0 Å². The van der Waals surface area contributed by atoms with E-state index in [1.165, 1.54) is 25.7 Å². The van der Waals surface area contributed by atoms with Gasteiger partial charge in [-0.15, -0.1) is 0 Å². The SMILES string of the molecule is CCCCCCC(O)COc1cccc2c(OCC(O)CCCCCC)cccc12. The molecule has 4 nitrogen and oxygen atoms in total. The molecule has 0 aliphatic rings. The van der Waals surface area contributed by atoms with Gasteiger partial charge in [0.25, 0.3) is 0 Å². The van der Waals surface area contributed by atoms with Crippen molar-refractivity contribution in [1.29, 1.82) is 0 Å². The van der Waals surface area contributed by atoms with Crippen LogP contribution in [0.3, 0.4) is 0 Å². The van der Waals surface area contributed by atoms with E-state index in [4.69, 9.17) is 9.47 Å². The molecule has 30 heavy (non-hydrogen) atoms. The number of aliphatic hydroxyl groups is 2. The average Bonchev–Trinajstić information content (AvgIpc) is 2.76. The summed E-state index contributed by atoms with van der Waals surface area (Å²) in [5, 5.41) is 22.3. The molecule has 2 N–H and O–H groups in total. The molecule has 2 aromatic carbocycles. The number of hydrogen-bond donors (Lipinski definition) is 2. The molecule has 2 rings (SSSR count). The topological polar surface area (TPSA) is 58.9 Å². The van der Waals surface area contributed by atoms with Crippen LogP contribution in [0.25, 0.3) is 10.8 Å². The Morgan fingerprint density at radius 1 is 0.633 bits per heavy atom. The largest absolute Gasteiger partial charge is 0.490 e. The lowest BCUT2D eigenvalue weighted by atomic mass is 10.1. The molecule has 0 heterocycles. The summed E-state index contributed by atoms with van der Waals surface area (Å²) in [5.41, 5.74) is 0. The first-order valence-corrected chi connectivity index (χ1v) is 11.8. The zero-order chi connectivity index (χ0) is 21.6. The minimum Gasteiger partial charge on any atom is -0.490 e. The van der Waals surface area contributed by atoms with Gasteiger partial charge >= 0.3 is 0 Å². The van der Waals surface area contributed by atoms with Gasteiger partial charge in [-0.05, 0) is 25.0 Å². The summed E-state index contributed by atoms with van der Waals surface area (Å²) in [7, 11) is 0. The maximum Gasteiger partial charge on any atom is 0.127 e. The maximum absolute atomic E-state index is 10.2. The summed E-state index contributed by atoms with van der Waals surface area (Å²) in [4.78, 5) is 0. The molecule has 2 atom stereocenters. The first kappa shape index (κ1) is 24.5. The molecule has 0 amide bonds. The fourth-order valence-corrected chi connectivity index (χ4v) is 3.66. The smallest absolute Gasteiger partial charge is 0.127 e. The molecular formula is C26H40O4. The van der Waals surface area contributed by atoms with Crippen LogP contribution in [0.2, 0.25) is 0 Å². The van der Waals surface area contributed by atoms with Crippen LogP contribution in [-0.2, 0) is 0 Å². The van der Waals surface area contributed by atoms with E-state index in [1.807, 2.05) is 36.4 Å². The molecular weight excluding hydrogens is 376 g/mol. The van der Waals surface area contributed by atoms with Gasteiger partial charge in [0, 0.05) is 10.8 Å². The van der Waals surface area contributed by atoms with Crippen molar-refractivity contribution in [1.82, 2.24) is 0 Å². The Labute approximate surface area is 182 Å². The molecule has 2 unspecified atom stereocenters. The number of hydrogen-bond acceptors (Lipinski definition) is 4. The van der Waals surface area contributed by atoms with E-state index in [0.717, 1.165) is 60.8 Å². The lowest BCUT2D eigenvalue weighted by Gasteiger charge is -2.16. The third-order valence-electron chi connectivity index (χ3n) is 5.49. The Morgan fingerprint density at radius 2 is 1.07 bits per heavy atom. The van der Waals surface area contributed by atoms with Crippen molar-refractivity contribution in [2.45, 2.75) is 90.3 Å². The molecule has 2 aromatic rings. The van der Waals surface area contributed by atoms with Crippen molar-refractivity contribution in [3.63, 3.8) is 0 Å². The van der Waals surface area contributed by atoms with E-state index in [1.54, 1.807) is 0 Å². The molecule has 0 fully saturated rings. The Balaban J connectivity index is 1.90. The number of benzene rings is 2. The number of rotatable bonds is 16. The van der Waals surface area contributed by atoms with Gasteiger partial charge in [0.05, 0.1) is 12.2 Å². The van der Waals surface area contributed by atoms with Gasteiger partial charge in [-0.3, -0.25) is 0 Å². The van der Waals surface area contributed by atoms with E-state index in [9.17, 15) is 10.2 Å². The summed E-state index contributed by atoms with van der Waals surface area (Å²) in [6, 6.07) is 11.8. The van der Waals surface area contributed by atoms with Gasteiger partial charge < -0.3 is 19.7 Å². The third kappa shape index (κ3) is 8.53. The van der Waals surface area contributed by atoms with E-state index in [2.05, 4.69) is 13.8 Å². The summed E-state index contributed by atoms with van der Waals surface area (Å²) < 4.78 is 11.9. The summed E-state index contributed by atoms with van der Waals surface area (Å²) in [6.07, 6.45) is 9.87. The molecule has 168 valence electrons. The highest BCUT2D eigenvalue weighted by Crippen LogP contribution is 2.32. The van der Waals surface area contributed by atoms with Crippen molar-refractivity contribution >= 4 is 10.8 Å². The average molecular weight is 417 g/mol. The number of unbranched alkanes of at least 4 members (excludes halogenated alkanes) is 6. The summed E-state index contributed by atoms with van der Waals surface area (Å²) >= 11 is 0. The van der Waals surface area contributed by atoms with Gasteiger partial charge in [0.2, 0.25) is 0 Å². The zero-order valence-electron chi connectivity index (χ0n) is 18.8. The first-order chi connectivity index (χ1) is 14.7. The standard InChI is InChI=1S/C26H40O4/c1-3-5-7-9-13-21(27)19-29-25-17-11-16-24-23(25)15-12-18-26(24)30-20-22(28)14-10-8-6-4-2/h11-12,15-18,21-22,27-28H,3-10,13-14,19-20H2,1-2H3. The van der Waals surface area contributed by atoms with Gasteiger partial charge in [0.15, 0.2) is 0 Å². The van der Waals surface area contributed by atoms with Crippen LogP contribution in [0.15, 0.2) is 36.4 Å². The van der Waals surface area contributed by atoms with Crippen LogP contribution in [0.4, 0.5) is 0 Å². The molecule has 0 aliphatic carbocycles. The van der Waals surface area contributed by atoms with Gasteiger partial charge in [0.1, 0.15) is 24.7 Å². The van der Waals surface area contributed by atoms with Crippen molar-refractivity contribution in [3.8, 4) is 11.5 Å². The fraction of sp³-hybridized carbons (Fsp3) is 0.615. The Kier molecular flexibility index (Phi) is 11.6. The highest BCUT2D eigenvalue weighted by atomic mass is 16.5. The van der Waals surface area contributed by atoms with Crippen LogP contribution in [0.1, 0.15) is 78.1 Å². The molecule has 0 saturated carbocycles. The highest BCUT2D eigenvalue weighted by Gasteiger charge is 2.11. The van der Waals surface area contributed by atoms with E-state index >= 15 is 0 Å². The highest BCUT2D eigenvalue weighted by molar-refractivity contribution is 5.93. The van der Waals surface area contributed by atoms with Crippen LogP contribution in [0, 0.1) is 0 Å². The second-order valence-corrected chi connectivity index (χ2v) is 8.24. The zero-order valence-corrected chi connectivity index (χ0v) is 18.8. The minimum atomic E-state index is -0.445. The summed E-state index contributed by atoms with van der Waals surface area (Å²) in [5.74, 6) is 1.51. The molecule has 0 radical (unpaired) electrons. The predicted octanol–water partition coefficient (Wildman–Crippen LogP) is 6.26. The van der Waals surface area contributed by atoms with Crippen LogP contribution >= 0.6 is 0 Å². The van der Waals surface area contributed by atoms with Crippen molar-refractivity contribution < 1.29 is 19.7 Å². The first-order valence-electron chi connectivity index (χ1n) is 11.8. The van der Waals surface area contributed by atoms with Crippen molar-refractivity contribution in [3.05, 3.63) is 36.4 Å². The Morgan fingerprint density at radius 3 is 1.47 bits per heavy atom.